The molecule has 2 rings (SSSR count). The molecule has 0 saturated heterocycles. The van der Waals surface area contributed by atoms with Gasteiger partial charge in [0.15, 0.2) is 0 Å². The maximum Gasteiger partial charge on any atom is 0.303 e. The van der Waals surface area contributed by atoms with Crippen LogP contribution in [0.1, 0.15) is 76.7 Å². The van der Waals surface area contributed by atoms with Gasteiger partial charge in [-0.2, -0.15) is 11.8 Å². The van der Waals surface area contributed by atoms with E-state index in [4.69, 9.17) is 5.11 Å². The standard InChI is InChI=1S/C24H35FO5S/c1-2-3-14-24(30,17-10-12-18(25)13-11-17)16-31-23-19(20(26)15-21(23)27)8-6-4-5-7-9-22(28)29/h10-13,19,21,23,27,30H,2-9,14-16H2,1H3,(H,28,29)/t19-,21?,23+,24?/m0/s1. The van der Waals surface area contributed by atoms with Gasteiger partial charge in [0.1, 0.15) is 11.6 Å². The van der Waals surface area contributed by atoms with E-state index in [0.717, 1.165) is 32.1 Å². The van der Waals surface area contributed by atoms with Crippen molar-refractivity contribution < 1.29 is 29.3 Å². The third kappa shape index (κ3) is 7.88. The predicted octanol–water partition coefficient (Wildman–Crippen LogP) is 4.68. The SMILES string of the molecule is CCCCC(O)(CS[C@H]1C(O)CC(=O)[C@@H]1CCCCCCC(=O)O)c1ccc(F)cc1. The monoisotopic (exact) mass is 454 g/mol. The van der Waals surface area contributed by atoms with Gasteiger partial charge in [0.2, 0.25) is 0 Å². The van der Waals surface area contributed by atoms with Crippen LogP contribution >= 0.6 is 11.8 Å². The van der Waals surface area contributed by atoms with Crippen LogP contribution in [0.4, 0.5) is 4.39 Å². The van der Waals surface area contributed by atoms with Gasteiger partial charge in [-0.05, 0) is 37.0 Å². The minimum Gasteiger partial charge on any atom is -0.481 e. The van der Waals surface area contributed by atoms with Crippen LogP contribution in [0.25, 0.3) is 0 Å². The maximum absolute atomic E-state index is 13.4. The zero-order valence-electron chi connectivity index (χ0n) is 18.3. The Kier molecular flexibility index (Phi) is 10.5. The van der Waals surface area contributed by atoms with Crippen molar-refractivity contribution in [3.8, 4) is 0 Å². The van der Waals surface area contributed by atoms with Crippen molar-refractivity contribution in [3.05, 3.63) is 35.6 Å². The number of hydrogen-bond acceptors (Lipinski definition) is 5. The highest BCUT2D eigenvalue weighted by Crippen LogP contribution is 2.40. The summed E-state index contributed by atoms with van der Waals surface area (Å²) in [5, 5.41) is 30.3. The summed E-state index contributed by atoms with van der Waals surface area (Å²) in [4.78, 5) is 23.0. The average Bonchev–Trinajstić information content (AvgIpc) is 3.00. The van der Waals surface area contributed by atoms with Crippen LogP contribution in [0, 0.1) is 11.7 Å². The van der Waals surface area contributed by atoms with Crippen LogP contribution in [0.15, 0.2) is 24.3 Å². The molecule has 1 saturated carbocycles. The molecule has 7 heteroatoms. The first kappa shape index (κ1) is 25.8. The number of aliphatic hydroxyl groups excluding tert-OH is 1. The van der Waals surface area contributed by atoms with Gasteiger partial charge in [0, 0.05) is 29.8 Å². The molecule has 0 radical (unpaired) electrons. The predicted molar refractivity (Wildman–Crippen MR) is 121 cm³/mol. The van der Waals surface area contributed by atoms with Crippen LogP contribution in [-0.2, 0) is 15.2 Å². The molecule has 1 aliphatic rings. The zero-order valence-corrected chi connectivity index (χ0v) is 19.1. The molecule has 3 N–H and O–H groups in total. The number of unbranched alkanes of at least 4 members (excludes halogenated alkanes) is 4. The number of carboxylic acid groups (broad SMARTS) is 1. The largest absolute Gasteiger partial charge is 0.481 e. The number of carbonyl (C=O) groups is 2. The lowest BCUT2D eigenvalue weighted by Gasteiger charge is -2.31. The number of hydrogen-bond donors (Lipinski definition) is 3. The van der Waals surface area contributed by atoms with Crippen LogP contribution < -0.4 is 0 Å². The first-order valence-electron chi connectivity index (χ1n) is 11.3. The molecule has 0 spiro atoms. The van der Waals surface area contributed by atoms with E-state index in [0.29, 0.717) is 30.6 Å². The molecule has 0 aliphatic heterocycles. The zero-order chi connectivity index (χ0) is 22.9. The van der Waals surface area contributed by atoms with Crippen molar-refractivity contribution >= 4 is 23.5 Å². The highest BCUT2D eigenvalue weighted by atomic mass is 32.2. The number of aliphatic hydroxyl groups is 2. The second-order valence-electron chi connectivity index (χ2n) is 8.61. The summed E-state index contributed by atoms with van der Waals surface area (Å²) < 4.78 is 13.4. The smallest absolute Gasteiger partial charge is 0.303 e. The average molecular weight is 455 g/mol. The molecule has 0 heterocycles. The van der Waals surface area contributed by atoms with Gasteiger partial charge in [-0.1, -0.05) is 51.2 Å². The molecule has 2 unspecified atom stereocenters. The number of Topliss-reactive ketones (excluding diaryl/α,β-unsaturated/α-hetero) is 1. The summed E-state index contributed by atoms with van der Waals surface area (Å²) in [6.45, 7) is 2.05. The first-order valence-corrected chi connectivity index (χ1v) is 12.3. The summed E-state index contributed by atoms with van der Waals surface area (Å²) >= 11 is 1.44. The lowest BCUT2D eigenvalue weighted by molar-refractivity contribution is -0.137. The van der Waals surface area contributed by atoms with E-state index in [1.807, 2.05) is 6.92 Å². The van der Waals surface area contributed by atoms with Crippen molar-refractivity contribution in [2.45, 2.75) is 88.1 Å². The summed E-state index contributed by atoms with van der Waals surface area (Å²) in [7, 11) is 0. The van der Waals surface area contributed by atoms with Gasteiger partial charge in [-0.25, -0.2) is 4.39 Å². The summed E-state index contributed by atoms with van der Waals surface area (Å²) in [6, 6.07) is 5.91. The van der Waals surface area contributed by atoms with E-state index in [1.54, 1.807) is 12.1 Å². The van der Waals surface area contributed by atoms with Crippen LogP contribution in [0.2, 0.25) is 0 Å². The van der Waals surface area contributed by atoms with Crippen molar-refractivity contribution in [2.75, 3.05) is 5.75 Å². The maximum atomic E-state index is 13.4. The Morgan fingerprint density at radius 1 is 1.16 bits per heavy atom. The Balaban J connectivity index is 1.96. The van der Waals surface area contributed by atoms with Gasteiger partial charge in [-0.15, -0.1) is 0 Å². The second kappa shape index (κ2) is 12.6. The Hall–Kier alpha value is -1.44. The van der Waals surface area contributed by atoms with Gasteiger partial charge in [0.25, 0.3) is 0 Å². The molecule has 5 nitrogen and oxygen atoms in total. The Bertz CT molecular complexity index is 710. The lowest BCUT2D eigenvalue weighted by atomic mass is 9.90. The minimum atomic E-state index is -1.14. The molecule has 1 aliphatic carbocycles. The summed E-state index contributed by atoms with van der Waals surface area (Å²) in [6.07, 6.45) is 5.66. The van der Waals surface area contributed by atoms with E-state index in [1.165, 1.54) is 23.9 Å². The minimum absolute atomic E-state index is 0.0643. The van der Waals surface area contributed by atoms with Crippen molar-refractivity contribution in [3.63, 3.8) is 0 Å². The second-order valence-corrected chi connectivity index (χ2v) is 9.77. The van der Waals surface area contributed by atoms with E-state index >= 15 is 0 Å². The van der Waals surface area contributed by atoms with Gasteiger partial charge in [-0.3, -0.25) is 9.59 Å². The number of carboxylic acids is 1. The van der Waals surface area contributed by atoms with Crippen LogP contribution in [-0.4, -0.2) is 44.2 Å². The fourth-order valence-electron chi connectivity index (χ4n) is 4.23. The Labute approximate surface area is 188 Å². The molecule has 0 bridgehead atoms. The van der Waals surface area contributed by atoms with Gasteiger partial charge < -0.3 is 15.3 Å². The van der Waals surface area contributed by atoms with Crippen molar-refractivity contribution in [2.24, 2.45) is 5.92 Å². The summed E-state index contributed by atoms with van der Waals surface area (Å²) in [5.74, 6) is -0.989. The molecule has 31 heavy (non-hydrogen) atoms. The molecule has 1 aromatic rings. The van der Waals surface area contributed by atoms with Gasteiger partial charge >= 0.3 is 5.97 Å². The number of benzene rings is 1. The molecule has 0 amide bonds. The Morgan fingerprint density at radius 3 is 2.48 bits per heavy atom. The third-order valence-corrected chi connectivity index (χ3v) is 7.77. The van der Waals surface area contributed by atoms with Crippen LogP contribution in [0.3, 0.4) is 0 Å². The molecule has 1 aromatic carbocycles. The van der Waals surface area contributed by atoms with Gasteiger partial charge in [0.05, 0.1) is 11.7 Å². The topological polar surface area (TPSA) is 94.8 Å². The normalized spacial score (nSPS) is 23.1. The molecular formula is C24H35FO5S. The molecule has 1 fully saturated rings. The lowest BCUT2D eigenvalue weighted by Crippen LogP contribution is -2.32. The number of aliphatic carboxylic acids is 1. The van der Waals surface area contributed by atoms with Crippen molar-refractivity contribution in [1.82, 2.24) is 0 Å². The molecular weight excluding hydrogens is 419 g/mol. The number of halogens is 1. The molecule has 174 valence electrons. The number of carbonyl (C=O) groups excluding carboxylic acids is 1. The number of ketones is 1. The first-order chi connectivity index (χ1) is 14.8. The van der Waals surface area contributed by atoms with E-state index in [9.17, 15) is 24.2 Å². The number of thioether (sulfide) groups is 1. The van der Waals surface area contributed by atoms with Crippen LogP contribution in [0.5, 0.6) is 0 Å². The fourth-order valence-corrected chi connectivity index (χ4v) is 5.85. The highest BCUT2D eigenvalue weighted by molar-refractivity contribution is 8.00. The van der Waals surface area contributed by atoms with E-state index in [2.05, 4.69) is 0 Å². The van der Waals surface area contributed by atoms with E-state index in [-0.39, 0.29) is 35.6 Å². The molecule has 4 atom stereocenters. The third-order valence-electron chi connectivity index (χ3n) is 6.10. The van der Waals surface area contributed by atoms with Crippen molar-refractivity contribution in [1.29, 1.82) is 0 Å². The summed E-state index contributed by atoms with van der Waals surface area (Å²) in [5.41, 5.74) is -0.482. The highest BCUT2D eigenvalue weighted by Gasteiger charge is 2.43. The molecule has 0 aromatic heterocycles. The van der Waals surface area contributed by atoms with E-state index < -0.39 is 17.7 Å². The fraction of sp³-hybridized carbons (Fsp3) is 0.667. The Morgan fingerprint density at radius 2 is 1.84 bits per heavy atom. The quantitative estimate of drug-likeness (QED) is 0.353. The number of rotatable bonds is 14.